The topological polar surface area (TPSA) is 82.9 Å². The predicted molar refractivity (Wildman–Crippen MR) is 114 cm³/mol. The van der Waals surface area contributed by atoms with Gasteiger partial charge >= 0.3 is 10.2 Å². The molecular formula is C19H27N3O4S2. The molecule has 0 unspecified atom stereocenters. The molecule has 0 spiro atoms. The van der Waals surface area contributed by atoms with Crippen LogP contribution >= 0.6 is 11.8 Å². The molecule has 0 saturated carbocycles. The van der Waals surface area contributed by atoms with Crippen LogP contribution in [0.4, 0.5) is 5.69 Å². The summed E-state index contributed by atoms with van der Waals surface area (Å²) < 4.78 is 33.1. The van der Waals surface area contributed by atoms with Crippen molar-refractivity contribution in [2.24, 2.45) is 0 Å². The Hall–Kier alpha value is -1.97. The number of nitrogens with zero attached hydrogens (tertiary/aromatic N) is 2. The summed E-state index contributed by atoms with van der Waals surface area (Å²) in [5, 5.41) is 2.79. The summed E-state index contributed by atoms with van der Waals surface area (Å²) in [4.78, 5) is 12.4. The van der Waals surface area contributed by atoms with E-state index in [0.29, 0.717) is 18.0 Å². The van der Waals surface area contributed by atoms with Gasteiger partial charge in [0.25, 0.3) is 0 Å². The molecular weight excluding hydrogens is 398 g/mol. The Morgan fingerprint density at radius 3 is 2.61 bits per heavy atom. The second-order valence-corrected chi connectivity index (χ2v) is 9.74. The van der Waals surface area contributed by atoms with E-state index in [2.05, 4.69) is 5.32 Å². The number of rotatable bonds is 10. The van der Waals surface area contributed by atoms with Crippen LogP contribution in [0.25, 0.3) is 0 Å². The molecule has 2 rings (SSSR count). The van der Waals surface area contributed by atoms with Crippen molar-refractivity contribution >= 4 is 33.6 Å². The molecule has 1 aromatic heterocycles. The van der Waals surface area contributed by atoms with Gasteiger partial charge in [0.2, 0.25) is 5.91 Å². The van der Waals surface area contributed by atoms with Crippen LogP contribution in [0.3, 0.4) is 0 Å². The van der Waals surface area contributed by atoms with Gasteiger partial charge in [-0.1, -0.05) is 12.1 Å². The first-order valence-electron chi connectivity index (χ1n) is 8.86. The molecule has 9 heteroatoms. The molecule has 0 aliphatic rings. The number of aryl methyl sites for hydroxylation is 2. The van der Waals surface area contributed by atoms with E-state index in [1.54, 1.807) is 24.1 Å². The zero-order valence-corrected chi connectivity index (χ0v) is 18.3. The van der Waals surface area contributed by atoms with Gasteiger partial charge in [-0.25, -0.2) is 4.31 Å². The van der Waals surface area contributed by atoms with Crippen molar-refractivity contribution in [2.45, 2.75) is 19.6 Å². The van der Waals surface area contributed by atoms with E-state index in [1.165, 1.54) is 14.1 Å². The lowest BCUT2D eigenvalue weighted by Crippen LogP contribution is -2.46. The fourth-order valence-corrected chi connectivity index (χ4v) is 4.37. The molecule has 28 heavy (non-hydrogen) atoms. The average molecular weight is 426 g/mol. The summed E-state index contributed by atoms with van der Waals surface area (Å²) in [5.74, 6) is 1.97. The normalized spacial score (nSPS) is 11.6. The minimum Gasteiger partial charge on any atom is -0.468 e. The summed E-state index contributed by atoms with van der Waals surface area (Å²) in [6.07, 6.45) is 1.63. The highest BCUT2D eigenvalue weighted by molar-refractivity contribution is 7.98. The molecule has 0 fully saturated rings. The zero-order chi connectivity index (χ0) is 20.7. The van der Waals surface area contributed by atoms with Gasteiger partial charge in [0.15, 0.2) is 0 Å². The van der Waals surface area contributed by atoms with E-state index < -0.39 is 10.2 Å². The average Bonchev–Trinajstić information content (AvgIpc) is 3.15. The lowest BCUT2D eigenvalue weighted by Gasteiger charge is -2.28. The fourth-order valence-electron chi connectivity index (χ4n) is 2.49. The van der Waals surface area contributed by atoms with E-state index in [0.717, 1.165) is 31.3 Å². The molecule has 0 atom stereocenters. The third kappa shape index (κ3) is 6.02. The van der Waals surface area contributed by atoms with Crippen molar-refractivity contribution in [2.75, 3.05) is 37.2 Å². The van der Waals surface area contributed by atoms with Crippen molar-refractivity contribution in [3.8, 4) is 0 Å². The Morgan fingerprint density at radius 2 is 1.96 bits per heavy atom. The van der Waals surface area contributed by atoms with Gasteiger partial charge in [0.05, 0.1) is 17.7 Å². The van der Waals surface area contributed by atoms with E-state index in [1.807, 2.05) is 38.1 Å². The van der Waals surface area contributed by atoms with E-state index in [9.17, 15) is 13.2 Å². The maximum Gasteiger partial charge on any atom is 0.304 e. The van der Waals surface area contributed by atoms with Crippen molar-refractivity contribution in [1.82, 2.24) is 9.62 Å². The second kappa shape index (κ2) is 9.99. The molecule has 1 heterocycles. The van der Waals surface area contributed by atoms with Crippen LogP contribution < -0.4 is 9.62 Å². The first-order chi connectivity index (χ1) is 13.2. The molecule has 0 radical (unpaired) electrons. The highest BCUT2D eigenvalue weighted by Crippen LogP contribution is 2.25. The number of carbonyl (C=O) groups is 1. The number of amides is 1. The summed E-state index contributed by atoms with van der Waals surface area (Å²) in [7, 11) is -0.893. The standard InChI is InChI=1S/C19H27N3O4S2/c1-15-7-8-16(2)18(12-15)22(28(24,25)21(3)4)13-19(23)20-9-11-27-14-17-6-5-10-26-17/h5-8,10,12H,9,11,13-14H2,1-4H3,(H,20,23). The largest absolute Gasteiger partial charge is 0.468 e. The highest BCUT2D eigenvalue weighted by atomic mass is 32.2. The van der Waals surface area contributed by atoms with Crippen molar-refractivity contribution < 1.29 is 17.6 Å². The van der Waals surface area contributed by atoms with E-state index in [4.69, 9.17) is 4.42 Å². The number of benzene rings is 1. The molecule has 2 aromatic rings. The minimum atomic E-state index is -3.80. The molecule has 154 valence electrons. The SMILES string of the molecule is Cc1ccc(C)c(N(CC(=O)NCCSCc2ccco2)S(=O)(=O)N(C)C)c1. The predicted octanol–water partition coefficient (Wildman–Crippen LogP) is 2.56. The fraction of sp³-hybridized carbons (Fsp3) is 0.421. The Kier molecular flexibility index (Phi) is 7.97. The number of hydrogen-bond acceptors (Lipinski definition) is 5. The monoisotopic (exact) mass is 425 g/mol. The number of thioether (sulfide) groups is 1. The molecule has 7 nitrogen and oxygen atoms in total. The van der Waals surface area contributed by atoms with Gasteiger partial charge in [0.1, 0.15) is 12.3 Å². The third-order valence-electron chi connectivity index (χ3n) is 4.05. The van der Waals surface area contributed by atoms with Crippen LogP contribution in [0.1, 0.15) is 16.9 Å². The summed E-state index contributed by atoms with van der Waals surface area (Å²) >= 11 is 1.63. The van der Waals surface area contributed by atoms with Crippen LogP contribution in [0.2, 0.25) is 0 Å². The number of carbonyl (C=O) groups excluding carboxylic acids is 1. The molecule has 0 aliphatic carbocycles. The number of hydrogen-bond donors (Lipinski definition) is 1. The van der Waals surface area contributed by atoms with Crippen molar-refractivity contribution in [3.05, 3.63) is 53.5 Å². The van der Waals surface area contributed by atoms with Crippen molar-refractivity contribution in [1.29, 1.82) is 0 Å². The van der Waals surface area contributed by atoms with Crippen LogP contribution in [-0.2, 0) is 20.8 Å². The Morgan fingerprint density at radius 1 is 1.21 bits per heavy atom. The van der Waals surface area contributed by atoms with Gasteiger partial charge in [-0.05, 0) is 43.2 Å². The molecule has 1 amide bonds. The van der Waals surface area contributed by atoms with Crippen LogP contribution in [0, 0.1) is 13.8 Å². The zero-order valence-electron chi connectivity index (χ0n) is 16.6. The van der Waals surface area contributed by atoms with Crippen LogP contribution in [0.15, 0.2) is 41.0 Å². The first-order valence-corrected chi connectivity index (χ1v) is 11.4. The smallest absolute Gasteiger partial charge is 0.304 e. The van der Waals surface area contributed by atoms with Gasteiger partial charge in [-0.2, -0.15) is 24.5 Å². The molecule has 0 aliphatic heterocycles. The maximum atomic E-state index is 12.8. The summed E-state index contributed by atoms with van der Waals surface area (Å²) in [6.45, 7) is 3.90. The number of nitrogens with one attached hydrogen (secondary N) is 1. The van der Waals surface area contributed by atoms with Gasteiger partial charge in [-0.3, -0.25) is 4.79 Å². The van der Waals surface area contributed by atoms with Gasteiger partial charge in [0, 0.05) is 26.4 Å². The summed E-state index contributed by atoms with van der Waals surface area (Å²) in [6, 6.07) is 9.29. The van der Waals surface area contributed by atoms with Gasteiger partial charge < -0.3 is 9.73 Å². The molecule has 0 bridgehead atoms. The van der Waals surface area contributed by atoms with Gasteiger partial charge in [-0.15, -0.1) is 0 Å². The third-order valence-corrected chi connectivity index (χ3v) is 6.84. The van der Waals surface area contributed by atoms with E-state index in [-0.39, 0.29) is 12.5 Å². The molecule has 1 aromatic carbocycles. The van der Waals surface area contributed by atoms with Crippen molar-refractivity contribution in [3.63, 3.8) is 0 Å². The number of anilines is 1. The lowest BCUT2D eigenvalue weighted by molar-refractivity contribution is -0.119. The lowest BCUT2D eigenvalue weighted by atomic mass is 10.1. The highest BCUT2D eigenvalue weighted by Gasteiger charge is 2.28. The molecule has 1 N–H and O–H groups in total. The quantitative estimate of drug-likeness (QED) is 0.592. The first kappa shape index (κ1) is 22.3. The second-order valence-electron chi connectivity index (χ2n) is 6.57. The Bertz CT molecular complexity index is 881. The number of furan rings is 1. The van der Waals surface area contributed by atoms with E-state index >= 15 is 0 Å². The van der Waals surface area contributed by atoms with Crippen LogP contribution in [0.5, 0.6) is 0 Å². The Balaban J connectivity index is 1.99. The maximum absolute atomic E-state index is 12.8. The minimum absolute atomic E-state index is 0.270. The molecule has 0 saturated heterocycles. The van der Waals surface area contributed by atoms with Crippen LogP contribution in [-0.4, -0.2) is 51.6 Å². The Labute approximate surface area is 171 Å². The summed E-state index contributed by atoms with van der Waals surface area (Å²) in [5.41, 5.74) is 2.23.